The van der Waals surface area contributed by atoms with Crippen LogP contribution in [0.15, 0.2) is 36.9 Å². The van der Waals surface area contributed by atoms with E-state index in [0.29, 0.717) is 32.1 Å². The molecule has 2 aliphatic heterocycles. The van der Waals surface area contributed by atoms with Gasteiger partial charge in [0.05, 0.1) is 42.7 Å². The van der Waals surface area contributed by atoms with Gasteiger partial charge >= 0.3 is 11.9 Å². The zero-order chi connectivity index (χ0) is 33.8. The lowest BCUT2D eigenvalue weighted by Crippen LogP contribution is -2.46. The van der Waals surface area contributed by atoms with E-state index in [1.54, 1.807) is 6.08 Å². The molecule has 1 aromatic carbocycles. The van der Waals surface area contributed by atoms with Crippen molar-refractivity contribution in [3.8, 4) is 0 Å². The number of allylic oxidation sites excluding steroid dienone is 1. The van der Waals surface area contributed by atoms with Gasteiger partial charge in [-0.3, -0.25) is 28.7 Å². The van der Waals surface area contributed by atoms with E-state index < -0.39 is 74.2 Å². The number of esters is 2. The molecule has 47 heavy (non-hydrogen) atoms. The molecular formula is C35H46N2O9S. The van der Waals surface area contributed by atoms with Gasteiger partial charge in [-0.15, -0.1) is 6.58 Å². The van der Waals surface area contributed by atoms with Crippen molar-refractivity contribution < 1.29 is 41.9 Å². The summed E-state index contributed by atoms with van der Waals surface area (Å²) < 4.78 is 38.7. The molecule has 256 valence electrons. The molecule has 12 heteroatoms. The molecule has 0 spiro atoms. The molecular weight excluding hydrogens is 624 g/mol. The van der Waals surface area contributed by atoms with Crippen molar-refractivity contribution in [1.29, 1.82) is 0 Å². The predicted molar refractivity (Wildman–Crippen MR) is 172 cm³/mol. The van der Waals surface area contributed by atoms with Crippen LogP contribution in [0.25, 0.3) is 0 Å². The number of nitrogens with zero attached hydrogens (tertiary/aromatic N) is 1. The van der Waals surface area contributed by atoms with E-state index in [2.05, 4.69) is 11.3 Å². The molecule has 5 atom stereocenters. The van der Waals surface area contributed by atoms with Crippen LogP contribution in [0.5, 0.6) is 0 Å². The summed E-state index contributed by atoms with van der Waals surface area (Å²) in [5, 5.41) is -0.605. The second-order valence-corrected chi connectivity index (χ2v) is 15.6. The summed E-state index contributed by atoms with van der Waals surface area (Å²) in [6.07, 6.45) is 5.77. The smallest absolute Gasteiger partial charge is 0.310 e. The standard InChI is InChI=1S/C35H46N2O9S/c1-3-5-12-25-18-31(39)45-15-7-6-9-23-10-8-11-24(16-23)17-32(40)46-27-19-29(37(22-27)33(25)41)30(38)21-35(20-26(35)4-2)34(42)36-47(43,44)28-13-14-28/h4,8,10-11,16,25-29H,2-3,5-7,9,12-15,17-22H2,1H3,(H,36,42)/t25-,26-,27-,29+,35-/m1/s1. The Balaban J connectivity index is 1.39. The molecule has 2 amide bonds. The maximum atomic E-state index is 14.1. The number of hydrogen-bond acceptors (Lipinski definition) is 9. The monoisotopic (exact) mass is 670 g/mol. The van der Waals surface area contributed by atoms with Crippen LogP contribution in [0, 0.1) is 17.3 Å². The van der Waals surface area contributed by atoms with E-state index in [-0.39, 0.29) is 45.3 Å². The van der Waals surface area contributed by atoms with Crippen LogP contribution >= 0.6 is 0 Å². The Morgan fingerprint density at radius 3 is 2.60 bits per heavy atom. The highest BCUT2D eigenvalue weighted by molar-refractivity contribution is 7.90. The summed E-state index contributed by atoms with van der Waals surface area (Å²) >= 11 is 0. The van der Waals surface area contributed by atoms with E-state index in [4.69, 9.17) is 9.47 Å². The number of benzene rings is 1. The number of carbonyl (C=O) groups excluding carboxylic acids is 5. The molecule has 11 nitrogen and oxygen atoms in total. The molecule has 2 heterocycles. The van der Waals surface area contributed by atoms with E-state index >= 15 is 0 Å². The molecule has 1 N–H and O–H groups in total. The summed E-state index contributed by atoms with van der Waals surface area (Å²) in [5.41, 5.74) is 0.565. The first kappa shape index (κ1) is 34.8. The molecule has 0 aromatic heterocycles. The van der Waals surface area contributed by atoms with Crippen molar-refractivity contribution in [2.75, 3.05) is 13.2 Å². The largest absolute Gasteiger partial charge is 0.466 e. The molecule has 3 fully saturated rings. The number of nitrogens with one attached hydrogen (secondary N) is 1. The Kier molecular flexibility index (Phi) is 10.9. The summed E-state index contributed by atoms with van der Waals surface area (Å²) in [4.78, 5) is 68.9. The lowest BCUT2D eigenvalue weighted by molar-refractivity contribution is -0.151. The van der Waals surface area contributed by atoms with Crippen LogP contribution in [0.2, 0.25) is 0 Å². The molecule has 0 radical (unpaired) electrons. The molecule has 4 bridgehead atoms. The van der Waals surface area contributed by atoms with E-state index in [0.717, 1.165) is 30.4 Å². The van der Waals surface area contributed by atoms with Gasteiger partial charge in [0.1, 0.15) is 6.10 Å². The number of sulfonamides is 1. The summed E-state index contributed by atoms with van der Waals surface area (Å²) in [7, 11) is -3.84. The highest BCUT2D eigenvalue weighted by Crippen LogP contribution is 2.57. The van der Waals surface area contributed by atoms with Gasteiger partial charge in [-0.05, 0) is 62.0 Å². The van der Waals surface area contributed by atoms with Gasteiger partial charge in [0, 0.05) is 18.8 Å². The van der Waals surface area contributed by atoms with Gasteiger partial charge in [-0.1, -0.05) is 50.1 Å². The third-order valence-electron chi connectivity index (χ3n) is 9.91. The Morgan fingerprint density at radius 1 is 1.13 bits per heavy atom. The first-order valence-electron chi connectivity index (χ1n) is 16.9. The molecule has 2 saturated carbocycles. The average molecular weight is 671 g/mol. The van der Waals surface area contributed by atoms with Crippen molar-refractivity contribution in [2.45, 2.75) is 108 Å². The fourth-order valence-corrected chi connectivity index (χ4v) is 8.29. The van der Waals surface area contributed by atoms with Gasteiger partial charge < -0.3 is 14.4 Å². The number of ether oxygens (including phenoxy) is 2. The van der Waals surface area contributed by atoms with Crippen molar-refractivity contribution in [3.63, 3.8) is 0 Å². The number of ketones is 1. The fraction of sp³-hybridized carbons (Fsp3) is 0.629. The fourth-order valence-electron chi connectivity index (χ4n) is 6.90. The number of aryl methyl sites for hydroxylation is 1. The number of rotatable bonds is 10. The Bertz CT molecular complexity index is 1500. The number of Topliss-reactive ketones (excluding diaryl/α,β-unsaturated/α-hetero) is 1. The molecule has 1 saturated heterocycles. The van der Waals surface area contributed by atoms with Crippen LogP contribution in [0.4, 0.5) is 0 Å². The van der Waals surface area contributed by atoms with Crippen LogP contribution in [-0.4, -0.2) is 73.4 Å². The quantitative estimate of drug-likeness (QED) is 0.291. The predicted octanol–water partition coefficient (Wildman–Crippen LogP) is 3.58. The van der Waals surface area contributed by atoms with Gasteiger partial charge in [-0.25, -0.2) is 8.42 Å². The van der Waals surface area contributed by atoms with Crippen LogP contribution < -0.4 is 4.72 Å². The molecule has 4 aliphatic rings. The number of fused-ring (bicyclic) bond motifs is 4. The maximum absolute atomic E-state index is 14.1. The van der Waals surface area contributed by atoms with Crippen molar-refractivity contribution in [2.24, 2.45) is 17.3 Å². The number of hydrogen-bond donors (Lipinski definition) is 1. The van der Waals surface area contributed by atoms with Crippen molar-refractivity contribution in [1.82, 2.24) is 9.62 Å². The third kappa shape index (κ3) is 8.49. The third-order valence-corrected chi connectivity index (χ3v) is 11.7. The van der Waals surface area contributed by atoms with Crippen LogP contribution in [0.1, 0.15) is 88.7 Å². The minimum Gasteiger partial charge on any atom is -0.466 e. The first-order chi connectivity index (χ1) is 22.5. The van der Waals surface area contributed by atoms with E-state index in [1.807, 2.05) is 31.2 Å². The highest BCUT2D eigenvalue weighted by atomic mass is 32.2. The zero-order valence-corrected chi connectivity index (χ0v) is 27.9. The van der Waals surface area contributed by atoms with E-state index in [9.17, 15) is 32.4 Å². The number of carbonyl (C=O) groups is 5. The number of unbranched alkanes of at least 4 members (excludes halogenated alkanes) is 1. The molecule has 2 aliphatic carbocycles. The van der Waals surface area contributed by atoms with Crippen molar-refractivity contribution >= 4 is 39.6 Å². The highest BCUT2D eigenvalue weighted by Gasteiger charge is 2.61. The van der Waals surface area contributed by atoms with Gasteiger partial charge in [0.25, 0.3) is 0 Å². The average Bonchev–Trinajstić information content (AvgIpc) is 3.95. The zero-order valence-electron chi connectivity index (χ0n) is 27.1. The molecule has 5 rings (SSSR count). The van der Waals surface area contributed by atoms with Gasteiger partial charge in [-0.2, -0.15) is 0 Å². The van der Waals surface area contributed by atoms with E-state index in [1.165, 1.54) is 4.90 Å². The Labute approximate surface area is 276 Å². The van der Waals surface area contributed by atoms with Gasteiger partial charge in [0.15, 0.2) is 5.78 Å². The van der Waals surface area contributed by atoms with Crippen LogP contribution in [-0.2, 0) is 56.3 Å². The van der Waals surface area contributed by atoms with Crippen LogP contribution in [0.3, 0.4) is 0 Å². The second-order valence-electron chi connectivity index (χ2n) is 13.6. The molecule has 1 aromatic rings. The summed E-state index contributed by atoms with van der Waals surface area (Å²) in [6.45, 7) is 5.96. The van der Waals surface area contributed by atoms with Crippen molar-refractivity contribution in [3.05, 3.63) is 48.0 Å². The topological polar surface area (TPSA) is 153 Å². The Morgan fingerprint density at radius 2 is 1.89 bits per heavy atom. The Hall–Kier alpha value is -3.54. The summed E-state index contributed by atoms with van der Waals surface area (Å²) in [5.74, 6) is -3.63. The maximum Gasteiger partial charge on any atom is 0.310 e. The molecule has 0 unspecified atom stereocenters. The minimum absolute atomic E-state index is 0.0289. The number of cyclic esters (lactones) is 1. The second kappa shape index (κ2) is 14.7. The number of amides is 2. The first-order valence-corrected chi connectivity index (χ1v) is 18.4. The van der Waals surface area contributed by atoms with Gasteiger partial charge in [0.2, 0.25) is 21.8 Å². The minimum atomic E-state index is -3.84. The normalized spacial score (nSPS) is 28.8. The lowest BCUT2D eigenvalue weighted by atomic mass is 9.90. The SMILES string of the molecule is C=C[C@@H]1C[C@]1(CC(=O)[C@@H]1C[C@@H]2CN1C(=O)[C@H](CCCC)CC(=O)OCCCCc1cccc(c1)CC(=O)O2)C(=O)NS(=O)(=O)C1CC1. The summed E-state index contributed by atoms with van der Waals surface area (Å²) in [6, 6.07) is 6.65. The lowest BCUT2D eigenvalue weighted by Gasteiger charge is -2.28.